The second-order valence-electron chi connectivity index (χ2n) is 2.86. The lowest BCUT2D eigenvalue weighted by molar-refractivity contribution is -0.134. The molecule has 0 aliphatic rings. The molecule has 0 bridgehead atoms. The van der Waals surface area contributed by atoms with Crippen LogP contribution in [0.2, 0.25) is 0 Å². The molecule has 0 heterocycles. The Morgan fingerprint density at radius 1 is 1.47 bits per heavy atom. The summed E-state index contributed by atoms with van der Waals surface area (Å²) < 4.78 is 5.02. The van der Waals surface area contributed by atoms with Crippen LogP contribution < -0.4 is 4.74 Å². The van der Waals surface area contributed by atoms with E-state index in [1.54, 1.807) is 7.11 Å². The maximum atomic E-state index is 9.00. The Morgan fingerprint density at radius 3 is 2.27 bits per heavy atom. The zero-order valence-electron chi connectivity index (χ0n) is 9.06. The fraction of sp³-hybridized carbons (Fsp3) is 0.250. The highest BCUT2D eigenvalue weighted by Gasteiger charge is 1.90. The molecule has 0 spiro atoms. The monoisotopic (exact) mass is 208 g/mol. The molecule has 0 saturated carbocycles. The molecule has 3 nitrogen and oxygen atoms in total. The largest absolute Gasteiger partial charge is 0.497 e. The number of benzene rings is 1. The second kappa shape index (κ2) is 7.62. The highest BCUT2D eigenvalue weighted by atomic mass is 16.5. The fourth-order valence-electron chi connectivity index (χ4n) is 0.928. The number of hydrogen-bond acceptors (Lipinski definition) is 2. The van der Waals surface area contributed by atoms with E-state index in [1.807, 2.05) is 30.3 Å². The summed E-state index contributed by atoms with van der Waals surface area (Å²) in [7, 11) is 1.67. The maximum absolute atomic E-state index is 9.00. The molecule has 15 heavy (non-hydrogen) atoms. The van der Waals surface area contributed by atoms with E-state index in [9.17, 15) is 0 Å². The smallest absolute Gasteiger partial charge is 0.300 e. The lowest BCUT2D eigenvalue weighted by atomic mass is 10.1. The summed E-state index contributed by atoms with van der Waals surface area (Å²) in [5.41, 5.74) is 1.26. The second-order valence-corrected chi connectivity index (χ2v) is 2.86. The number of rotatable bonds is 3. The van der Waals surface area contributed by atoms with Crippen LogP contribution in [-0.4, -0.2) is 18.2 Å². The molecule has 1 aromatic carbocycles. The maximum Gasteiger partial charge on any atom is 0.300 e. The first-order chi connectivity index (χ1) is 7.10. The third kappa shape index (κ3) is 7.31. The van der Waals surface area contributed by atoms with Gasteiger partial charge in [-0.1, -0.05) is 18.2 Å². The van der Waals surface area contributed by atoms with E-state index in [4.69, 9.17) is 14.6 Å². The molecule has 0 amide bonds. The average molecular weight is 208 g/mol. The van der Waals surface area contributed by atoms with E-state index in [0.717, 1.165) is 19.1 Å². The SMILES string of the molecule is C=CCc1ccc(OC)cc1.CC(=O)O. The van der Waals surface area contributed by atoms with Crippen molar-refractivity contribution in [3.05, 3.63) is 42.5 Å². The highest BCUT2D eigenvalue weighted by Crippen LogP contribution is 2.11. The van der Waals surface area contributed by atoms with Gasteiger partial charge in [0.05, 0.1) is 7.11 Å². The van der Waals surface area contributed by atoms with Crippen molar-refractivity contribution < 1.29 is 14.6 Å². The first kappa shape index (κ1) is 13.2. The number of carboxylic acid groups (broad SMARTS) is 1. The Bertz CT molecular complexity index is 297. The van der Waals surface area contributed by atoms with Crippen molar-refractivity contribution in [2.24, 2.45) is 0 Å². The lowest BCUT2D eigenvalue weighted by Crippen LogP contribution is -1.83. The number of allylic oxidation sites excluding steroid dienone is 1. The quantitative estimate of drug-likeness (QED) is 0.776. The molecule has 0 saturated heterocycles. The first-order valence-corrected chi connectivity index (χ1v) is 4.53. The number of carboxylic acids is 1. The van der Waals surface area contributed by atoms with Gasteiger partial charge in [-0.2, -0.15) is 0 Å². The van der Waals surface area contributed by atoms with Gasteiger partial charge < -0.3 is 9.84 Å². The molecule has 0 unspecified atom stereocenters. The molecule has 0 aromatic heterocycles. The van der Waals surface area contributed by atoms with Gasteiger partial charge in [-0.25, -0.2) is 0 Å². The Morgan fingerprint density at radius 2 is 1.93 bits per heavy atom. The van der Waals surface area contributed by atoms with Crippen molar-refractivity contribution in [3.8, 4) is 5.75 Å². The Hall–Kier alpha value is -1.77. The van der Waals surface area contributed by atoms with Crippen molar-refractivity contribution in [2.75, 3.05) is 7.11 Å². The Labute approximate surface area is 90.0 Å². The predicted molar refractivity (Wildman–Crippen MR) is 60.2 cm³/mol. The van der Waals surface area contributed by atoms with Crippen molar-refractivity contribution >= 4 is 5.97 Å². The summed E-state index contributed by atoms with van der Waals surface area (Å²) in [6.07, 6.45) is 2.81. The van der Waals surface area contributed by atoms with E-state index in [1.165, 1.54) is 5.56 Å². The molecule has 0 radical (unpaired) electrons. The molecule has 1 rings (SSSR count). The predicted octanol–water partition coefficient (Wildman–Crippen LogP) is 2.51. The first-order valence-electron chi connectivity index (χ1n) is 4.53. The van der Waals surface area contributed by atoms with Crippen molar-refractivity contribution in [1.29, 1.82) is 0 Å². The van der Waals surface area contributed by atoms with Crippen molar-refractivity contribution in [2.45, 2.75) is 13.3 Å². The molecule has 3 heteroatoms. The van der Waals surface area contributed by atoms with Crippen molar-refractivity contribution in [3.63, 3.8) is 0 Å². The summed E-state index contributed by atoms with van der Waals surface area (Å²) in [4.78, 5) is 9.00. The number of methoxy groups -OCH3 is 1. The minimum atomic E-state index is -0.833. The van der Waals surface area contributed by atoms with E-state index in [0.29, 0.717) is 0 Å². The van der Waals surface area contributed by atoms with Crippen LogP contribution in [0.1, 0.15) is 12.5 Å². The van der Waals surface area contributed by atoms with E-state index < -0.39 is 5.97 Å². The van der Waals surface area contributed by atoms with Gasteiger partial charge in [-0.15, -0.1) is 6.58 Å². The standard InChI is InChI=1S/C10H12O.C2H4O2/c1-3-4-9-5-7-10(11-2)8-6-9;1-2(3)4/h3,5-8H,1,4H2,2H3;1H3,(H,3,4). The molecule has 1 aromatic rings. The molecule has 0 aliphatic heterocycles. The molecule has 1 N–H and O–H groups in total. The van der Waals surface area contributed by atoms with Crippen LogP contribution in [0.15, 0.2) is 36.9 Å². The Kier molecular flexibility index (Phi) is 6.72. The van der Waals surface area contributed by atoms with Crippen LogP contribution in [0.5, 0.6) is 5.75 Å². The van der Waals surface area contributed by atoms with Crippen LogP contribution in [0.3, 0.4) is 0 Å². The summed E-state index contributed by atoms with van der Waals surface area (Å²) in [6.45, 7) is 4.75. The summed E-state index contributed by atoms with van der Waals surface area (Å²) in [5.74, 6) is 0.0674. The molecule has 0 fully saturated rings. The van der Waals surface area contributed by atoms with Gasteiger partial charge in [0.15, 0.2) is 0 Å². The zero-order valence-corrected chi connectivity index (χ0v) is 9.06. The minimum Gasteiger partial charge on any atom is -0.497 e. The van der Waals surface area contributed by atoms with Crippen LogP contribution in [0.25, 0.3) is 0 Å². The normalized spacial score (nSPS) is 8.40. The topological polar surface area (TPSA) is 46.5 Å². The highest BCUT2D eigenvalue weighted by molar-refractivity contribution is 5.62. The van der Waals surface area contributed by atoms with E-state index in [2.05, 4.69) is 6.58 Å². The summed E-state index contributed by atoms with van der Waals surface area (Å²) in [5, 5.41) is 7.42. The van der Waals surface area contributed by atoms with Gasteiger partial charge in [0.25, 0.3) is 5.97 Å². The zero-order chi connectivity index (χ0) is 11.7. The Balaban J connectivity index is 0.000000423. The third-order valence-corrected chi connectivity index (χ3v) is 1.54. The molecule has 0 atom stereocenters. The van der Waals surface area contributed by atoms with Crippen LogP contribution in [0.4, 0.5) is 0 Å². The molecular weight excluding hydrogens is 192 g/mol. The van der Waals surface area contributed by atoms with Gasteiger partial charge in [0, 0.05) is 6.92 Å². The van der Waals surface area contributed by atoms with Crippen LogP contribution >= 0.6 is 0 Å². The number of aliphatic carboxylic acids is 1. The van der Waals surface area contributed by atoms with E-state index >= 15 is 0 Å². The number of carbonyl (C=O) groups is 1. The summed E-state index contributed by atoms with van der Waals surface area (Å²) >= 11 is 0. The van der Waals surface area contributed by atoms with E-state index in [-0.39, 0.29) is 0 Å². The van der Waals surface area contributed by atoms with Gasteiger partial charge >= 0.3 is 0 Å². The lowest BCUT2D eigenvalue weighted by Gasteiger charge is -1.99. The van der Waals surface area contributed by atoms with Gasteiger partial charge in [0.2, 0.25) is 0 Å². The van der Waals surface area contributed by atoms with Gasteiger partial charge in [-0.05, 0) is 24.1 Å². The molecular formula is C12H16O3. The average Bonchev–Trinajstić information content (AvgIpc) is 2.19. The van der Waals surface area contributed by atoms with Gasteiger partial charge in [-0.3, -0.25) is 4.79 Å². The van der Waals surface area contributed by atoms with Crippen molar-refractivity contribution in [1.82, 2.24) is 0 Å². The molecule has 0 aliphatic carbocycles. The number of hydrogen-bond donors (Lipinski definition) is 1. The molecule has 82 valence electrons. The van der Waals surface area contributed by atoms with Gasteiger partial charge in [0.1, 0.15) is 5.75 Å². The fourth-order valence-corrected chi connectivity index (χ4v) is 0.928. The minimum absolute atomic E-state index is 0.833. The van der Waals surface area contributed by atoms with Crippen LogP contribution in [0, 0.1) is 0 Å². The third-order valence-electron chi connectivity index (χ3n) is 1.54. The van der Waals surface area contributed by atoms with Crippen LogP contribution in [-0.2, 0) is 11.2 Å². The number of ether oxygens (including phenoxy) is 1. The summed E-state index contributed by atoms with van der Waals surface area (Å²) in [6, 6.07) is 8.00.